The molecule has 1 fully saturated rings. The van der Waals surface area contributed by atoms with Gasteiger partial charge in [-0.1, -0.05) is 65.0 Å². The number of benzene rings is 2. The maximum atomic E-state index is 10.2. The van der Waals surface area contributed by atoms with Gasteiger partial charge >= 0.3 is 5.97 Å². The number of likely N-dealkylation sites (tertiary alicyclic amines) is 1. The zero-order valence-electron chi connectivity index (χ0n) is 25.2. The monoisotopic (exact) mass is 527 g/mol. The van der Waals surface area contributed by atoms with E-state index in [1.165, 1.54) is 37.5 Å². The van der Waals surface area contributed by atoms with E-state index in [0.717, 1.165) is 37.4 Å². The smallest absolute Gasteiger partial charge is 0.303 e. The maximum Gasteiger partial charge on any atom is 0.303 e. The minimum atomic E-state index is -0.966. The number of esters is 1. The van der Waals surface area contributed by atoms with Crippen LogP contribution in [0, 0.1) is 5.92 Å². The van der Waals surface area contributed by atoms with Gasteiger partial charge in [0.25, 0.3) is 0 Å². The molecule has 2 aliphatic rings. The third-order valence-corrected chi connectivity index (χ3v) is 6.41. The van der Waals surface area contributed by atoms with Gasteiger partial charge in [-0.15, -0.1) is 0 Å². The first-order valence-electron chi connectivity index (χ1n) is 13.9. The fourth-order valence-electron chi connectivity index (χ4n) is 4.83. The molecule has 0 spiro atoms. The van der Waals surface area contributed by atoms with Gasteiger partial charge in [0.15, 0.2) is 23.4 Å². The quantitative estimate of drug-likeness (QED) is 0.316. The van der Waals surface area contributed by atoms with E-state index in [4.69, 9.17) is 9.47 Å². The minimum absolute atomic E-state index is 0.199. The largest absolute Gasteiger partial charge is 0.493 e. The third kappa shape index (κ3) is 9.79. The van der Waals surface area contributed by atoms with Crippen LogP contribution in [0.4, 0.5) is 0 Å². The predicted molar refractivity (Wildman–Crippen MR) is 155 cm³/mol. The number of hydrogen-bond acceptors (Lipinski definition) is 6. The minimum Gasteiger partial charge on any atom is -0.493 e. The van der Waals surface area contributed by atoms with Crippen LogP contribution in [0.25, 0.3) is 0 Å². The molecular formula is C32H49NO5. The summed E-state index contributed by atoms with van der Waals surface area (Å²) in [6, 6.07) is 15.1. The molecule has 1 saturated heterocycles. The molecule has 0 radical (unpaired) electrons. The van der Waals surface area contributed by atoms with E-state index in [1.807, 2.05) is 27.7 Å². The molecule has 2 atom stereocenters. The van der Waals surface area contributed by atoms with E-state index in [0.29, 0.717) is 18.1 Å². The summed E-state index contributed by atoms with van der Waals surface area (Å²) in [5.41, 5.74) is 3.22. The Morgan fingerprint density at radius 1 is 0.974 bits per heavy atom. The number of carbonyl (C=O) groups is 2. The normalized spacial score (nSPS) is 18.4. The Morgan fingerprint density at radius 3 is 1.97 bits per heavy atom. The van der Waals surface area contributed by atoms with E-state index >= 15 is 0 Å². The Labute approximate surface area is 230 Å². The van der Waals surface area contributed by atoms with Crippen molar-refractivity contribution in [2.24, 2.45) is 5.92 Å². The Kier molecular flexibility index (Phi) is 14.1. The number of ether oxygens (including phenoxy) is 3. The second kappa shape index (κ2) is 16.2. The van der Waals surface area contributed by atoms with Gasteiger partial charge in [-0.05, 0) is 55.6 Å². The van der Waals surface area contributed by atoms with Gasteiger partial charge in [0.1, 0.15) is 6.10 Å². The average Bonchev–Trinajstić information content (AvgIpc) is 3.47. The number of rotatable bonds is 6. The molecule has 1 aliphatic carbocycles. The Balaban J connectivity index is 0.000000472. The molecule has 2 unspecified atom stereocenters. The molecule has 0 N–H and O–H groups in total. The summed E-state index contributed by atoms with van der Waals surface area (Å²) in [5, 5.41) is 0. The van der Waals surface area contributed by atoms with Crippen LogP contribution in [-0.4, -0.2) is 56.1 Å². The second-order valence-corrected chi connectivity index (χ2v) is 9.95. The summed E-state index contributed by atoms with van der Waals surface area (Å²) >= 11 is 0. The molecule has 0 amide bonds. The van der Waals surface area contributed by atoms with Crippen LogP contribution in [0.3, 0.4) is 0 Å². The van der Waals surface area contributed by atoms with Crippen molar-refractivity contribution in [2.45, 2.75) is 85.9 Å². The molecule has 2 aromatic rings. The van der Waals surface area contributed by atoms with Crippen LogP contribution in [0.2, 0.25) is 0 Å². The lowest BCUT2D eigenvalue weighted by molar-refractivity contribution is -0.157. The number of hydrogen-bond donors (Lipinski definition) is 0. The van der Waals surface area contributed by atoms with Crippen LogP contribution in [-0.2, 0) is 27.2 Å². The number of fused-ring (bicyclic) bond motifs is 1. The molecule has 2 aromatic carbocycles. The molecular weight excluding hydrogens is 478 g/mol. The van der Waals surface area contributed by atoms with Crippen molar-refractivity contribution in [2.75, 3.05) is 27.2 Å². The third-order valence-electron chi connectivity index (χ3n) is 6.41. The standard InChI is InChI=1S/C22H27NO2.C6H10O3.2C2H6/c1-15-13-23(2)14-20(15)18-8-9-21(24-3)22(12-18)25-19-10-16-6-4-5-7-17(16)11-19;1-5(8)9-6(2,3)4-7;2*1-2/h4-9,12,15,19-20H,10-11,13-14H2,1-3H3;4H,1-3H3;2*1-2H3. The summed E-state index contributed by atoms with van der Waals surface area (Å²) in [7, 11) is 3.92. The van der Waals surface area contributed by atoms with Gasteiger partial charge in [-0.2, -0.15) is 0 Å². The van der Waals surface area contributed by atoms with Gasteiger partial charge < -0.3 is 19.1 Å². The van der Waals surface area contributed by atoms with Crippen LogP contribution >= 0.6 is 0 Å². The highest BCUT2D eigenvalue weighted by atomic mass is 16.6. The summed E-state index contributed by atoms with van der Waals surface area (Å²) in [4.78, 5) is 22.7. The number of likely N-dealkylation sites (N-methyl/N-ethyl adjacent to an activating group) is 1. The molecule has 38 heavy (non-hydrogen) atoms. The van der Waals surface area contributed by atoms with Gasteiger partial charge in [-0.3, -0.25) is 9.59 Å². The van der Waals surface area contributed by atoms with Crippen molar-refractivity contribution in [3.63, 3.8) is 0 Å². The summed E-state index contributed by atoms with van der Waals surface area (Å²) in [6.07, 6.45) is 2.75. The lowest BCUT2D eigenvalue weighted by Crippen LogP contribution is -2.28. The van der Waals surface area contributed by atoms with Crippen molar-refractivity contribution in [3.05, 3.63) is 59.2 Å². The van der Waals surface area contributed by atoms with Gasteiger partial charge in [-0.25, -0.2) is 0 Å². The first kappa shape index (κ1) is 33.2. The van der Waals surface area contributed by atoms with E-state index in [1.54, 1.807) is 7.11 Å². The van der Waals surface area contributed by atoms with Crippen LogP contribution in [0.5, 0.6) is 11.5 Å². The fraction of sp³-hybridized carbons (Fsp3) is 0.562. The highest BCUT2D eigenvalue weighted by molar-refractivity contribution is 5.72. The van der Waals surface area contributed by atoms with E-state index in [9.17, 15) is 9.59 Å². The Morgan fingerprint density at radius 2 is 1.55 bits per heavy atom. The highest BCUT2D eigenvalue weighted by Crippen LogP contribution is 2.38. The van der Waals surface area contributed by atoms with Gasteiger partial charge in [0.05, 0.1) is 7.11 Å². The van der Waals surface area contributed by atoms with Gasteiger partial charge in [0.2, 0.25) is 0 Å². The summed E-state index contributed by atoms with van der Waals surface area (Å²) in [6.45, 7) is 16.9. The van der Waals surface area contributed by atoms with Crippen molar-refractivity contribution < 1.29 is 23.8 Å². The zero-order valence-corrected chi connectivity index (χ0v) is 25.2. The zero-order chi connectivity index (χ0) is 28.9. The first-order chi connectivity index (χ1) is 18.1. The molecule has 1 heterocycles. The number of aldehydes is 1. The second-order valence-electron chi connectivity index (χ2n) is 9.95. The predicted octanol–water partition coefficient (Wildman–Crippen LogP) is 6.49. The van der Waals surface area contributed by atoms with Crippen LogP contribution in [0.15, 0.2) is 42.5 Å². The van der Waals surface area contributed by atoms with E-state index < -0.39 is 11.6 Å². The van der Waals surface area contributed by atoms with Crippen molar-refractivity contribution in [3.8, 4) is 11.5 Å². The lowest BCUT2D eigenvalue weighted by atomic mass is 9.90. The molecule has 4 rings (SSSR count). The molecule has 1 aliphatic heterocycles. The number of methoxy groups -OCH3 is 1. The molecule has 212 valence electrons. The van der Waals surface area contributed by atoms with E-state index in [-0.39, 0.29) is 6.10 Å². The lowest BCUT2D eigenvalue weighted by Gasteiger charge is -2.20. The van der Waals surface area contributed by atoms with Crippen LogP contribution in [0.1, 0.15) is 78.0 Å². The first-order valence-corrected chi connectivity index (χ1v) is 13.9. The highest BCUT2D eigenvalue weighted by Gasteiger charge is 2.30. The molecule has 0 bridgehead atoms. The topological polar surface area (TPSA) is 65.1 Å². The van der Waals surface area contributed by atoms with Crippen molar-refractivity contribution in [1.82, 2.24) is 4.90 Å². The molecule has 0 saturated carbocycles. The molecule has 0 aromatic heterocycles. The number of nitrogens with zero attached hydrogens (tertiary/aromatic N) is 1. The summed E-state index contributed by atoms with van der Waals surface area (Å²) in [5.74, 6) is 2.52. The fourth-order valence-corrected chi connectivity index (χ4v) is 4.83. The van der Waals surface area contributed by atoms with Crippen molar-refractivity contribution >= 4 is 12.3 Å². The molecule has 6 heteroatoms. The SMILES string of the molecule is CC.CC.CC(=O)OC(C)(C)C=O.COc1ccc(C2CN(C)CC2C)cc1OC1Cc2ccccc2C1. The number of carbonyl (C=O) groups excluding carboxylic acids is 2. The summed E-state index contributed by atoms with van der Waals surface area (Å²) < 4.78 is 16.5. The Bertz CT molecular complexity index is 978. The molecule has 6 nitrogen and oxygen atoms in total. The average molecular weight is 528 g/mol. The van der Waals surface area contributed by atoms with E-state index in [2.05, 4.69) is 66.1 Å². The Hall–Kier alpha value is -2.86. The van der Waals surface area contributed by atoms with Crippen LogP contribution < -0.4 is 9.47 Å². The van der Waals surface area contributed by atoms with Gasteiger partial charge in [0, 0.05) is 38.8 Å². The maximum absolute atomic E-state index is 10.2. The van der Waals surface area contributed by atoms with Crippen molar-refractivity contribution in [1.29, 1.82) is 0 Å².